The Hall–Kier alpha value is -9.62. The summed E-state index contributed by atoms with van der Waals surface area (Å²) in [5.41, 5.74) is 15.4. The minimum Gasteiger partial charge on any atom is -0.309 e. The number of fused-ring (bicyclic) bond motifs is 14. The van der Waals surface area contributed by atoms with Crippen LogP contribution in [0.4, 0.5) is 0 Å². The van der Waals surface area contributed by atoms with E-state index in [4.69, 9.17) is 9.97 Å². The molecule has 0 aliphatic rings. The molecule has 16 aromatic rings. The molecule has 0 N–H and O–H groups in total. The van der Waals surface area contributed by atoms with Gasteiger partial charge in [0.05, 0.1) is 49.0 Å². The SMILES string of the molecule is c1ccc(-c2cc3nc(-n4c5ccc(-c6cccc7c8c9ccccc9ccc8n(-c8ccccc8)c67)cc5c5c6ccccc6ccc54)nc(-c4ccc5c(c4)c4ccccc4n5-c4ccccc4)c3s2)cc1. The normalized spacial score (nSPS) is 12.1. The fraction of sp³-hybridized carbons (Fsp3) is 0. The summed E-state index contributed by atoms with van der Waals surface area (Å²) in [6, 6.07) is 90.3. The molecular formula is C68H41N5S. The van der Waals surface area contributed by atoms with E-state index in [1.807, 2.05) is 0 Å². The summed E-state index contributed by atoms with van der Waals surface area (Å²) in [6.45, 7) is 0. The number of nitrogens with zero attached hydrogens (tertiary/aromatic N) is 5. The summed E-state index contributed by atoms with van der Waals surface area (Å²) >= 11 is 1.76. The van der Waals surface area contributed by atoms with Gasteiger partial charge in [-0.2, -0.15) is 0 Å². The van der Waals surface area contributed by atoms with Gasteiger partial charge >= 0.3 is 0 Å². The van der Waals surface area contributed by atoms with Gasteiger partial charge in [0.25, 0.3) is 0 Å². The number of hydrogen-bond acceptors (Lipinski definition) is 3. The lowest BCUT2D eigenvalue weighted by atomic mass is 9.97. The van der Waals surface area contributed by atoms with Crippen molar-refractivity contribution in [2.45, 2.75) is 0 Å². The molecule has 5 nitrogen and oxygen atoms in total. The fourth-order valence-electron chi connectivity index (χ4n) is 12.0. The first kappa shape index (κ1) is 41.0. The van der Waals surface area contributed by atoms with Gasteiger partial charge in [0.2, 0.25) is 5.95 Å². The minimum absolute atomic E-state index is 0.637. The lowest BCUT2D eigenvalue weighted by Gasteiger charge is -2.12. The molecule has 0 saturated carbocycles. The van der Waals surface area contributed by atoms with Gasteiger partial charge in [-0.15, -0.1) is 11.3 Å². The zero-order chi connectivity index (χ0) is 48.4. The third-order valence-electron chi connectivity index (χ3n) is 15.2. The van der Waals surface area contributed by atoms with E-state index in [-0.39, 0.29) is 0 Å². The Labute approximate surface area is 428 Å². The third kappa shape index (κ3) is 6.03. The van der Waals surface area contributed by atoms with Crippen LogP contribution < -0.4 is 0 Å². The predicted molar refractivity (Wildman–Crippen MR) is 312 cm³/mol. The van der Waals surface area contributed by atoms with Crippen LogP contribution in [0.5, 0.6) is 0 Å². The molecule has 0 spiro atoms. The zero-order valence-electron chi connectivity index (χ0n) is 39.8. The molecule has 6 heteroatoms. The number of rotatable bonds is 6. The number of hydrogen-bond donors (Lipinski definition) is 0. The second-order valence-corrected chi connectivity index (χ2v) is 20.3. The van der Waals surface area contributed by atoms with Gasteiger partial charge in [0.15, 0.2) is 0 Å². The minimum atomic E-state index is 0.637. The smallest absolute Gasteiger partial charge is 0.235 e. The highest BCUT2D eigenvalue weighted by atomic mass is 32.1. The average molecular weight is 960 g/mol. The summed E-state index contributed by atoms with van der Waals surface area (Å²) in [7, 11) is 0. The Morgan fingerprint density at radius 1 is 0.324 bits per heavy atom. The van der Waals surface area contributed by atoms with E-state index in [0.717, 1.165) is 70.8 Å². The average Bonchev–Trinajstić information content (AvgIpc) is 4.24. The molecule has 0 saturated heterocycles. The highest BCUT2D eigenvalue weighted by Gasteiger charge is 2.24. The molecule has 0 radical (unpaired) electrons. The van der Waals surface area contributed by atoms with Crippen molar-refractivity contribution in [3.8, 4) is 50.1 Å². The Morgan fingerprint density at radius 3 is 1.59 bits per heavy atom. The summed E-state index contributed by atoms with van der Waals surface area (Å²) < 4.78 is 8.19. The second-order valence-electron chi connectivity index (χ2n) is 19.3. The molecule has 5 heterocycles. The number of para-hydroxylation sites is 4. The van der Waals surface area contributed by atoms with Crippen LogP contribution in [0.3, 0.4) is 0 Å². The van der Waals surface area contributed by atoms with Crippen LogP contribution in [0.2, 0.25) is 0 Å². The third-order valence-corrected chi connectivity index (χ3v) is 16.4. The molecule has 11 aromatic carbocycles. The van der Waals surface area contributed by atoms with Crippen LogP contribution in [-0.2, 0) is 0 Å². The largest absolute Gasteiger partial charge is 0.309 e. The van der Waals surface area contributed by atoms with Crippen molar-refractivity contribution in [3.05, 3.63) is 249 Å². The lowest BCUT2D eigenvalue weighted by molar-refractivity contribution is 1.02. The Bertz CT molecular complexity index is 4950. The van der Waals surface area contributed by atoms with Crippen molar-refractivity contribution in [1.29, 1.82) is 0 Å². The standard InChI is InChI=1S/C68H41N5S/c1-4-19-44(20-5-1)62-41-56-67(74-62)65(46-34-36-58-54(40-46)52-27-14-15-30-57(52)71(58)47-21-6-2-7-22-47)70-68(69-56)73-59-35-33-45(39-55(59)64-50-26-13-11-18-43(50)32-38-61(64)73)51-28-16-29-53-63-49-25-12-10-17-42(49)31-37-60(63)72(66(51)53)48-23-8-3-9-24-48/h1-41H. The number of thiophene rings is 1. The highest BCUT2D eigenvalue weighted by molar-refractivity contribution is 7.22. The first-order chi connectivity index (χ1) is 36.7. The molecule has 0 bridgehead atoms. The van der Waals surface area contributed by atoms with Gasteiger partial charge in [-0.3, -0.25) is 4.57 Å². The van der Waals surface area contributed by atoms with E-state index >= 15 is 0 Å². The van der Waals surface area contributed by atoms with E-state index in [1.54, 1.807) is 11.3 Å². The Balaban J connectivity index is 0.966. The van der Waals surface area contributed by atoms with Gasteiger partial charge in [0, 0.05) is 59.7 Å². The van der Waals surface area contributed by atoms with Crippen LogP contribution in [0, 0.1) is 0 Å². The van der Waals surface area contributed by atoms with Crippen molar-refractivity contribution in [1.82, 2.24) is 23.7 Å². The van der Waals surface area contributed by atoms with Crippen molar-refractivity contribution in [2.24, 2.45) is 0 Å². The van der Waals surface area contributed by atoms with Gasteiger partial charge in [-0.25, -0.2) is 9.97 Å². The summed E-state index contributed by atoms with van der Waals surface area (Å²) in [5.74, 6) is 0.637. The second kappa shape index (κ2) is 15.9. The van der Waals surface area contributed by atoms with E-state index in [2.05, 4.69) is 262 Å². The van der Waals surface area contributed by atoms with Gasteiger partial charge in [-0.05, 0) is 105 Å². The fourth-order valence-corrected chi connectivity index (χ4v) is 13.1. The molecule has 5 aromatic heterocycles. The molecule has 0 fully saturated rings. The van der Waals surface area contributed by atoms with Crippen LogP contribution >= 0.6 is 11.3 Å². The van der Waals surface area contributed by atoms with Crippen LogP contribution in [-0.4, -0.2) is 23.7 Å². The molecule has 0 unspecified atom stereocenters. The Morgan fingerprint density at radius 2 is 0.865 bits per heavy atom. The quantitative estimate of drug-likeness (QED) is 0.167. The lowest BCUT2D eigenvalue weighted by Crippen LogP contribution is -2.02. The molecule has 0 aliphatic carbocycles. The summed E-state index contributed by atoms with van der Waals surface area (Å²) in [6.07, 6.45) is 0. The molecular weight excluding hydrogens is 919 g/mol. The molecule has 0 atom stereocenters. The van der Waals surface area contributed by atoms with Crippen LogP contribution in [0.25, 0.3) is 147 Å². The van der Waals surface area contributed by atoms with Crippen molar-refractivity contribution >= 4 is 109 Å². The summed E-state index contributed by atoms with van der Waals surface area (Å²) in [5, 5.41) is 12.1. The van der Waals surface area contributed by atoms with Crippen molar-refractivity contribution in [3.63, 3.8) is 0 Å². The van der Waals surface area contributed by atoms with Crippen molar-refractivity contribution in [2.75, 3.05) is 0 Å². The topological polar surface area (TPSA) is 40.6 Å². The summed E-state index contributed by atoms with van der Waals surface area (Å²) in [4.78, 5) is 12.4. The first-order valence-corrected chi connectivity index (χ1v) is 26.0. The molecule has 0 aliphatic heterocycles. The van der Waals surface area contributed by atoms with E-state index < -0.39 is 0 Å². The van der Waals surface area contributed by atoms with E-state index in [1.165, 1.54) is 70.6 Å². The number of aromatic nitrogens is 5. The molecule has 74 heavy (non-hydrogen) atoms. The van der Waals surface area contributed by atoms with Gasteiger partial charge < -0.3 is 9.13 Å². The molecule has 0 amide bonds. The van der Waals surface area contributed by atoms with Gasteiger partial charge in [-0.1, -0.05) is 176 Å². The zero-order valence-corrected chi connectivity index (χ0v) is 40.6. The number of benzene rings is 11. The maximum absolute atomic E-state index is 5.72. The first-order valence-electron chi connectivity index (χ1n) is 25.1. The van der Waals surface area contributed by atoms with E-state index in [0.29, 0.717) is 5.95 Å². The predicted octanol–water partition coefficient (Wildman–Crippen LogP) is 18.3. The van der Waals surface area contributed by atoms with Crippen LogP contribution in [0.15, 0.2) is 249 Å². The van der Waals surface area contributed by atoms with Gasteiger partial charge in [0.1, 0.15) is 0 Å². The molecule has 344 valence electrons. The highest BCUT2D eigenvalue weighted by Crippen LogP contribution is 2.46. The molecule has 16 rings (SSSR count). The van der Waals surface area contributed by atoms with Crippen molar-refractivity contribution < 1.29 is 0 Å². The monoisotopic (exact) mass is 959 g/mol. The van der Waals surface area contributed by atoms with Crippen LogP contribution in [0.1, 0.15) is 0 Å². The van der Waals surface area contributed by atoms with E-state index in [9.17, 15) is 0 Å². The Kier molecular flexibility index (Phi) is 8.84. The maximum Gasteiger partial charge on any atom is 0.235 e. The maximum atomic E-state index is 5.72.